The first-order valence-corrected chi connectivity index (χ1v) is 17.6. The number of nitrogens with zero attached hydrogens (tertiary/aromatic N) is 3. The van der Waals surface area contributed by atoms with Crippen LogP contribution in [0.25, 0.3) is 0 Å². The van der Waals surface area contributed by atoms with Crippen molar-refractivity contribution in [1.82, 2.24) is 15.0 Å². The number of nitrogens with one attached hydrogen (secondary N) is 3. The standard InChI is InChI=1S/C32H26ClN7O5S.3Na.2O3S/c1-15-14-16(2)27(37-32-39-30(33)38-31(40-32)36-21-10-6-7-11-23(21)43-44-45-46)17(3)26(15)35-22-13-12-20(34)24-25(22)29(42)19-9-5-4-8-18(19)28(24)41;;;;2*1-4(2)3/h4-13,20,35,46H,34H2,1-3H3,(H2,36,37,38,39,40);;;;;/q-2;3*+1;;/p-1. The van der Waals surface area contributed by atoms with Gasteiger partial charge in [-0.15, -0.1) is 47.6 Å². The smallest absolute Gasteiger partial charge is 0.578 e. The normalized spacial score (nSPS) is 13.3. The number of hydrogen-bond acceptors (Lipinski definition) is 19. The van der Waals surface area contributed by atoms with Gasteiger partial charge >= 0.3 is 110 Å². The summed E-state index contributed by atoms with van der Waals surface area (Å²) in [6.45, 7) is 5.68. The number of benzene rings is 3. The maximum atomic E-state index is 13.7. The third kappa shape index (κ3) is 14.0. The van der Waals surface area contributed by atoms with Crippen molar-refractivity contribution in [3.8, 4) is 5.75 Å². The molecule has 4 aromatic rings. The molecule has 25 heteroatoms. The number of carbonyl (C=O) groups is 2. The number of carbonyl (C=O) groups excluding carboxylic acids is 2. The molecule has 18 nitrogen and oxygen atoms in total. The van der Waals surface area contributed by atoms with Crippen molar-refractivity contribution in [2.45, 2.75) is 26.8 Å². The third-order valence-electron chi connectivity index (χ3n) is 7.49. The summed E-state index contributed by atoms with van der Waals surface area (Å²) in [5, 5.41) is 14.0. The van der Waals surface area contributed by atoms with Crippen LogP contribution in [0.15, 0.2) is 71.5 Å². The minimum absolute atomic E-state index is 0. The minimum Gasteiger partial charge on any atom is -0.578 e. The Morgan fingerprint density at radius 2 is 1.30 bits per heavy atom. The molecule has 0 spiro atoms. The number of allylic oxidation sites excluding steroid dienone is 1. The molecule has 0 saturated carbocycles. The van der Waals surface area contributed by atoms with E-state index in [4.69, 9.17) is 47.5 Å². The van der Waals surface area contributed by atoms with E-state index in [0.29, 0.717) is 33.9 Å². The Morgan fingerprint density at radius 3 is 1.88 bits per heavy atom. The van der Waals surface area contributed by atoms with Crippen molar-refractivity contribution in [3.63, 3.8) is 0 Å². The molecule has 6 rings (SSSR count). The summed E-state index contributed by atoms with van der Waals surface area (Å²) in [6.07, 6.45) is 3.42. The van der Waals surface area contributed by atoms with E-state index in [9.17, 15) is 9.59 Å². The number of aryl methyl sites for hydroxylation is 2. The Hall–Kier alpha value is -2.68. The molecule has 0 bridgehead atoms. The predicted molar refractivity (Wildman–Crippen MR) is 193 cm³/mol. The zero-order chi connectivity index (χ0) is 39.7. The zero-order valence-corrected chi connectivity index (χ0v) is 40.1. The fourth-order valence-corrected chi connectivity index (χ4v) is 5.64. The van der Waals surface area contributed by atoms with Crippen LogP contribution in [0.2, 0.25) is 5.28 Å². The molecule has 0 amide bonds. The summed E-state index contributed by atoms with van der Waals surface area (Å²) in [7, 11) is -6.22. The summed E-state index contributed by atoms with van der Waals surface area (Å²) in [5.41, 5.74) is 12.0. The molecule has 0 fully saturated rings. The number of hydrogen-bond donors (Lipinski definition) is 4. The second kappa shape index (κ2) is 24.4. The molecule has 0 radical (unpaired) electrons. The van der Waals surface area contributed by atoms with Crippen LogP contribution in [0.5, 0.6) is 5.75 Å². The Balaban J connectivity index is 0.00000135. The van der Waals surface area contributed by atoms with Gasteiger partial charge in [0.05, 0.1) is 5.69 Å². The second-order valence-corrected chi connectivity index (χ2v) is 12.1. The predicted octanol–water partition coefficient (Wildman–Crippen LogP) is -5.34. The van der Waals surface area contributed by atoms with Crippen LogP contribution in [0.3, 0.4) is 0 Å². The number of ketones is 2. The van der Waals surface area contributed by atoms with Gasteiger partial charge in [0.25, 0.3) is 0 Å². The zero-order valence-electron chi connectivity index (χ0n) is 30.9. The molecular weight excluding hydrogens is 859 g/mol. The molecule has 282 valence electrons. The van der Waals surface area contributed by atoms with Crippen molar-refractivity contribution in [2.24, 2.45) is 5.73 Å². The van der Waals surface area contributed by atoms with Gasteiger partial charge in [-0.1, -0.05) is 68.5 Å². The van der Waals surface area contributed by atoms with Gasteiger partial charge < -0.3 is 43.8 Å². The molecule has 1 heterocycles. The van der Waals surface area contributed by atoms with E-state index in [1.54, 1.807) is 61.0 Å². The fourth-order valence-electron chi connectivity index (χ4n) is 5.45. The maximum absolute atomic E-state index is 13.7. The van der Waals surface area contributed by atoms with Crippen LogP contribution in [0.4, 0.5) is 29.0 Å². The van der Waals surface area contributed by atoms with E-state index in [-0.39, 0.29) is 134 Å². The molecule has 57 heavy (non-hydrogen) atoms. The van der Waals surface area contributed by atoms with E-state index < -0.39 is 27.3 Å². The second-order valence-electron chi connectivity index (χ2n) is 10.8. The van der Waals surface area contributed by atoms with Gasteiger partial charge in [0.2, 0.25) is 17.2 Å². The average Bonchev–Trinajstić information content (AvgIpc) is 3.10. The first-order valence-electron chi connectivity index (χ1n) is 14.9. The number of aromatic nitrogens is 3. The van der Waals surface area contributed by atoms with Gasteiger partial charge in [0.15, 0.2) is 17.3 Å². The average molecular weight is 884 g/mol. The third-order valence-corrected chi connectivity index (χ3v) is 7.72. The first-order chi connectivity index (χ1) is 25.6. The first kappa shape index (κ1) is 52.3. The van der Waals surface area contributed by atoms with E-state index in [0.717, 1.165) is 16.7 Å². The van der Waals surface area contributed by atoms with Crippen LogP contribution in [0.1, 0.15) is 37.4 Å². The number of Topliss-reactive ketones (excluding diaryl/α,β-unsaturated/α-hetero) is 2. The number of para-hydroxylation sites is 2. The number of nitrogens with two attached hydrogens (primary N) is 1. The van der Waals surface area contributed by atoms with Crippen LogP contribution in [0, 0.1) is 33.3 Å². The van der Waals surface area contributed by atoms with Crippen molar-refractivity contribution in [1.29, 1.82) is 0 Å². The molecule has 0 aliphatic heterocycles. The largest absolute Gasteiger partial charge is 1.00 e. The van der Waals surface area contributed by atoms with Gasteiger partial charge in [-0.25, -0.2) is 12.5 Å². The topological polar surface area (TPSA) is 265 Å². The van der Waals surface area contributed by atoms with Crippen molar-refractivity contribution in [2.75, 3.05) is 16.0 Å². The van der Waals surface area contributed by atoms with Gasteiger partial charge in [-0.2, -0.15) is 21.0 Å². The minimum atomic E-state index is -3.11. The number of halogens is 1. The van der Waals surface area contributed by atoms with Crippen LogP contribution in [-0.2, 0) is 43.5 Å². The molecule has 3 aromatic carbocycles. The SMILES string of the molecule is Cc1[c-]c(C)c(Nc2nc(Cl)nc(Nc3ccccc3OOO[S-])n2)c(C)c1NC1=C[CH-]C(N)C2=C1C(=O)c1ccccc1C2=O.O=S(=O)=O.O=S(=O)=O.[Na+].[Na+].[Na+]. The van der Waals surface area contributed by atoms with E-state index in [2.05, 4.69) is 59.3 Å². The summed E-state index contributed by atoms with van der Waals surface area (Å²) in [6, 6.07) is 16.2. The molecule has 0 saturated heterocycles. The van der Waals surface area contributed by atoms with Crippen molar-refractivity contribution >= 4 is 86.3 Å². The van der Waals surface area contributed by atoms with Crippen LogP contribution in [-0.4, -0.2) is 57.8 Å². The Morgan fingerprint density at radius 1 is 0.789 bits per heavy atom. The number of anilines is 5. The summed E-state index contributed by atoms with van der Waals surface area (Å²) in [5.74, 6) is -0.0242. The van der Waals surface area contributed by atoms with Gasteiger partial charge in [0, 0.05) is 11.1 Å². The molecular formula is C32H25ClN7Na3O11S3. The van der Waals surface area contributed by atoms with Gasteiger partial charge in [-0.3, -0.25) is 9.59 Å². The molecule has 1 aromatic heterocycles. The van der Waals surface area contributed by atoms with Crippen LogP contribution < -0.4 is 115 Å². The number of fused-ring (bicyclic) bond motifs is 1. The van der Waals surface area contributed by atoms with E-state index in [1.807, 2.05) is 20.8 Å². The molecule has 2 aliphatic carbocycles. The Kier molecular flexibility index (Phi) is 22.4. The van der Waals surface area contributed by atoms with Crippen LogP contribution >= 0.6 is 11.6 Å². The maximum Gasteiger partial charge on any atom is 1.00 e. The Bertz CT molecular complexity index is 2410. The number of rotatable bonds is 9. The van der Waals surface area contributed by atoms with Gasteiger partial charge in [-0.05, 0) is 46.0 Å². The molecule has 1 unspecified atom stereocenters. The van der Waals surface area contributed by atoms with E-state index >= 15 is 0 Å². The summed E-state index contributed by atoms with van der Waals surface area (Å²) in [4.78, 5) is 45.0. The quantitative estimate of drug-likeness (QED) is 0.0402. The van der Waals surface area contributed by atoms with Crippen molar-refractivity contribution < 1.29 is 138 Å². The summed E-state index contributed by atoms with van der Waals surface area (Å²) < 4.78 is 54.8. The molecule has 2 aliphatic rings. The monoisotopic (exact) mass is 883 g/mol. The summed E-state index contributed by atoms with van der Waals surface area (Å²) >= 11 is 10.6. The van der Waals surface area contributed by atoms with E-state index in [1.165, 1.54) is 0 Å². The fraction of sp³-hybridized carbons (Fsp3) is 0.125. The van der Waals surface area contributed by atoms with Gasteiger partial charge in [0.1, 0.15) is 0 Å². The Labute approximate surface area is 405 Å². The van der Waals surface area contributed by atoms with Crippen molar-refractivity contribution in [3.05, 3.63) is 117 Å². The molecule has 5 N–H and O–H groups in total. The molecule has 1 atom stereocenters.